The molecule has 29 heavy (non-hydrogen) atoms. The van der Waals surface area contributed by atoms with E-state index in [1.807, 2.05) is 0 Å². The van der Waals surface area contributed by atoms with Crippen LogP contribution in [0, 0.1) is 0 Å². The van der Waals surface area contributed by atoms with Crippen molar-refractivity contribution in [1.29, 1.82) is 0 Å². The Kier molecular flexibility index (Phi) is 16.3. The van der Waals surface area contributed by atoms with Gasteiger partial charge in [-0.05, 0) is 12.8 Å². The predicted octanol–water partition coefficient (Wildman–Crippen LogP) is 4.48. The van der Waals surface area contributed by atoms with Crippen LogP contribution in [-0.2, 0) is 14.4 Å². The van der Waals surface area contributed by atoms with Crippen molar-refractivity contribution in [2.75, 3.05) is 0 Å². The molecule has 0 aliphatic rings. The number of carbonyl (C=O) groups excluding carboxylic acids is 3. The average Bonchev–Trinajstić information content (AvgIpc) is 2.68. The molecule has 0 aliphatic carbocycles. The Balaban J connectivity index is 3.60. The number of unbranched alkanes of at least 4 members (excludes halogenated alkanes) is 14. The van der Waals surface area contributed by atoms with E-state index in [1.165, 1.54) is 77.0 Å². The van der Waals surface area contributed by atoms with Crippen LogP contribution in [0.5, 0.6) is 0 Å². The lowest BCUT2D eigenvalue weighted by Gasteiger charge is -2.26. The highest BCUT2D eigenvalue weighted by atomic mass is 16.2. The lowest BCUT2D eigenvalue weighted by Crippen LogP contribution is -2.64. The number of primary amides is 2. The Bertz CT molecular complexity index is 452. The second-order valence-corrected chi connectivity index (χ2v) is 8.24. The summed E-state index contributed by atoms with van der Waals surface area (Å²) >= 11 is 0. The van der Waals surface area contributed by atoms with Gasteiger partial charge >= 0.3 is 0 Å². The van der Waals surface area contributed by atoms with E-state index in [1.54, 1.807) is 6.92 Å². The molecule has 0 heterocycles. The molecule has 0 spiro atoms. The molecule has 0 bridgehead atoms. The number of nitrogens with two attached hydrogens (primary N) is 2. The first-order chi connectivity index (χ1) is 13.9. The molecule has 0 atom stereocenters. The quantitative estimate of drug-likeness (QED) is 0.202. The maximum absolute atomic E-state index is 12.0. The number of hydrogen-bond donors (Lipinski definition) is 3. The van der Waals surface area contributed by atoms with Gasteiger partial charge in [0, 0.05) is 6.42 Å². The van der Waals surface area contributed by atoms with Crippen LogP contribution >= 0.6 is 0 Å². The van der Waals surface area contributed by atoms with E-state index >= 15 is 0 Å². The minimum Gasteiger partial charge on any atom is -0.367 e. The Morgan fingerprint density at radius 3 is 1.28 bits per heavy atom. The maximum Gasteiger partial charge on any atom is 0.253 e. The topological polar surface area (TPSA) is 115 Å². The fourth-order valence-corrected chi connectivity index (χ4v) is 3.64. The van der Waals surface area contributed by atoms with Crippen molar-refractivity contribution in [3.05, 3.63) is 0 Å². The average molecular weight is 412 g/mol. The van der Waals surface area contributed by atoms with E-state index < -0.39 is 17.4 Å². The largest absolute Gasteiger partial charge is 0.367 e. The molecule has 3 amide bonds. The Morgan fingerprint density at radius 1 is 0.621 bits per heavy atom. The third-order valence-electron chi connectivity index (χ3n) is 5.73. The van der Waals surface area contributed by atoms with Crippen LogP contribution in [0.2, 0.25) is 0 Å². The van der Waals surface area contributed by atoms with Crippen LogP contribution in [0.4, 0.5) is 0 Å². The van der Waals surface area contributed by atoms with Gasteiger partial charge < -0.3 is 16.8 Å². The van der Waals surface area contributed by atoms with E-state index in [2.05, 4.69) is 12.2 Å². The second kappa shape index (κ2) is 17.3. The second-order valence-electron chi connectivity index (χ2n) is 8.24. The molecular weight excluding hydrogens is 366 g/mol. The summed E-state index contributed by atoms with van der Waals surface area (Å²) in [5.74, 6) is -2.16. The number of carbonyl (C=O) groups is 3. The normalized spacial score (nSPS) is 11.4. The van der Waals surface area contributed by atoms with Crippen LogP contribution in [0.3, 0.4) is 0 Å². The maximum atomic E-state index is 12.0. The van der Waals surface area contributed by atoms with Crippen LogP contribution < -0.4 is 16.8 Å². The molecule has 0 rings (SSSR count). The minimum atomic E-state index is -1.77. The van der Waals surface area contributed by atoms with Gasteiger partial charge in [-0.1, -0.05) is 104 Å². The monoisotopic (exact) mass is 411 g/mol. The molecule has 6 heteroatoms. The van der Waals surface area contributed by atoms with Gasteiger partial charge in [-0.3, -0.25) is 14.4 Å². The fourth-order valence-electron chi connectivity index (χ4n) is 3.64. The van der Waals surface area contributed by atoms with Crippen molar-refractivity contribution < 1.29 is 14.4 Å². The summed E-state index contributed by atoms with van der Waals surface area (Å²) < 4.78 is 0. The van der Waals surface area contributed by atoms with Crippen LogP contribution in [0.25, 0.3) is 0 Å². The van der Waals surface area contributed by atoms with Gasteiger partial charge in [0.25, 0.3) is 11.8 Å². The summed E-state index contributed by atoms with van der Waals surface area (Å²) in [6.07, 6.45) is 19.2. The van der Waals surface area contributed by atoms with Crippen molar-refractivity contribution in [3.63, 3.8) is 0 Å². The zero-order chi connectivity index (χ0) is 22.0. The van der Waals surface area contributed by atoms with Gasteiger partial charge in [-0.2, -0.15) is 0 Å². The highest BCUT2D eigenvalue weighted by Crippen LogP contribution is 2.14. The number of hydrogen-bond acceptors (Lipinski definition) is 3. The first kappa shape index (κ1) is 27.4. The van der Waals surface area contributed by atoms with Crippen LogP contribution in [-0.4, -0.2) is 23.3 Å². The number of amides is 3. The summed E-state index contributed by atoms with van der Waals surface area (Å²) in [6.45, 7) is 3.86. The molecule has 0 aliphatic heterocycles. The molecule has 0 unspecified atom stereocenters. The third-order valence-corrected chi connectivity index (χ3v) is 5.73. The molecule has 0 radical (unpaired) electrons. The van der Waals surface area contributed by atoms with E-state index in [9.17, 15) is 14.4 Å². The predicted molar refractivity (Wildman–Crippen MR) is 119 cm³/mol. The van der Waals surface area contributed by atoms with Crippen molar-refractivity contribution in [1.82, 2.24) is 5.32 Å². The smallest absolute Gasteiger partial charge is 0.253 e. The van der Waals surface area contributed by atoms with Crippen LogP contribution in [0.15, 0.2) is 0 Å². The Labute approximate surface area is 177 Å². The van der Waals surface area contributed by atoms with Crippen molar-refractivity contribution in [2.24, 2.45) is 11.5 Å². The highest BCUT2D eigenvalue weighted by molar-refractivity contribution is 6.10. The molecule has 0 fully saturated rings. The molecule has 0 saturated carbocycles. The number of rotatable bonds is 20. The van der Waals surface area contributed by atoms with Gasteiger partial charge in [0.05, 0.1) is 0 Å². The molecule has 0 aromatic rings. The molecule has 0 saturated heterocycles. The highest BCUT2D eigenvalue weighted by Gasteiger charge is 2.42. The van der Waals surface area contributed by atoms with Crippen molar-refractivity contribution >= 4 is 17.7 Å². The zero-order valence-corrected chi connectivity index (χ0v) is 18.9. The molecule has 0 aromatic carbocycles. The number of nitrogens with one attached hydrogen (secondary N) is 1. The summed E-state index contributed by atoms with van der Waals surface area (Å²) in [6, 6.07) is 0. The summed E-state index contributed by atoms with van der Waals surface area (Å²) in [7, 11) is 0. The summed E-state index contributed by atoms with van der Waals surface area (Å²) in [5.41, 5.74) is 8.75. The minimum absolute atomic E-state index is 0.0578. The van der Waals surface area contributed by atoms with Gasteiger partial charge in [-0.15, -0.1) is 0 Å². The van der Waals surface area contributed by atoms with Crippen LogP contribution in [0.1, 0.15) is 123 Å². The van der Waals surface area contributed by atoms with Gasteiger partial charge in [-0.25, -0.2) is 0 Å². The molecule has 170 valence electrons. The van der Waals surface area contributed by atoms with Gasteiger partial charge in [0.1, 0.15) is 0 Å². The van der Waals surface area contributed by atoms with E-state index in [-0.39, 0.29) is 18.7 Å². The Morgan fingerprint density at radius 2 is 0.966 bits per heavy atom. The van der Waals surface area contributed by atoms with Gasteiger partial charge in [0.15, 0.2) is 5.54 Å². The van der Waals surface area contributed by atoms with E-state index in [0.717, 1.165) is 19.3 Å². The van der Waals surface area contributed by atoms with E-state index in [0.29, 0.717) is 0 Å². The fraction of sp³-hybridized carbons (Fsp3) is 0.870. The molecule has 6 nitrogen and oxygen atoms in total. The first-order valence-corrected chi connectivity index (χ1v) is 11.8. The summed E-state index contributed by atoms with van der Waals surface area (Å²) in [5, 5.41) is 2.44. The SMILES string of the molecule is CCCCCCCCCCCCCCCCCC(=O)NC(CC)(C(N)=O)C(N)=O. The van der Waals surface area contributed by atoms with Crippen molar-refractivity contribution in [2.45, 2.75) is 129 Å². The molecular formula is C23H45N3O3. The lowest BCUT2D eigenvalue weighted by atomic mass is 9.94. The van der Waals surface area contributed by atoms with Crippen molar-refractivity contribution in [3.8, 4) is 0 Å². The summed E-state index contributed by atoms with van der Waals surface area (Å²) in [4.78, 5) is 35.1. The Hall–Kier alpha value is -1.59. The first-order valence-electron chi connectivity index (χ1n) is 11.8. The van der Waals surface area contributed by atoms with E-state index in [4.69, 9.17) is 11.5 Å². The third kappa shape index (κ3) is 12.6. The van der Waals surface area contributed by atoms with Gasteiger partial charge in [0.2, 0.25) is 5.91 Å². The molecule has 0 aromatic heterocycles. The zero-order valence-electron chi connectivity index (χ0n) is 18.9. The lowest BCUT2D eigenvalue weighted by molar-refractivity contribution is -0.140. The molecule has 5 N–H and O–H groups in total. The standard InChI is InChI=1S/C23H45N3O3/c1-3-5-6-7-8-9-10-11-12-13-14-15-16-17-18-19-20(27)26-23(4-2,21(24)28)22(25)29/h3-19H2,1-2H3,(H2,24,28)(H2,25,29)(H,26,27).